The highest BCUT2D eigenvalue weighted by molar-refractivity contribution is 6.02. The molecule has 2 rings (SSSR count). The van der Waals surface area contributed by atoms with Gasteiger partial charge < -0.3 is 20.3 Å². The minimum Gasteiger partial charge on any atom is -0.496 e. The Morgan fingerprint density at radius 2 is 2.16 bits per heavy atom. The average molecular weight is 263 g/mol. The lowest BCUT2D eigenvalue weighted by Gasteiger charge is -2.38. The fourth-order valence-corrected chi connectivity index (χ4v) is 2.34. The summed E-state index contributed by atoms with van der Waals surface area (Å²) in [5, 5.41) is 0. The second-order valence-electron chi connectivity index (χ2n) is 5.01. The molecule has 0 radical (unpaired) electrons. The number of methoxy groups -OCH3 is 1. The van der Waals surface area contributed by atoms with Crippen molar-refractivity contribution in [1.29, 1.82) is 0 Å². The molecule has 1 aliphatic heterocycles. The van der Waals surface area contributed by atoms with E-state index in [0.717, 1.165) is 13.1 Å². The van der Waals surface area contributed by atoms with Crippen LogP contribution < -0.4 is 10.5 Å². The Bertz CT molecular complexity index is 476. The molecule has 104 valence electrons. The van der Waals surface area contributed by atoms with E-state index >= 15 is 0 Å². The Morgan fingerprint density at radius 1 is 1.42 bits per heavy atom. The van der Waals surface area contributed by atoms with Crippen molar-refractivity contribution in [3.05, 3.63) is 23.8 Å². The number of likely N-dealkylation sites (N-methyl/N-ethyl adjacent to an activating group) is 1. The number of nitrogens with zero attached hydrogens (tertiary/aromatic N) is 2. The summed E-state index contributed by atoms with van der Waals surface area (Å²) < 4.78 is 5.25. The van der Waals surface area contributed by atoms with E-state index in [0.29, 0.717) is 29.6 Å². The molecule has 1 fully saturated rings. The van der Waals surface area contributed by atoms with Gasteiger partial charge in [-0.15, -0.1) is 0 Å². The molecule has 0 saturated carbocycles. The number of nitrogens with two attached hydrogens (primary N) is 1. The highest BCUT2D eigenvalue weighted by atomic mass is 16.5. The topological polar surface area (TPSA) is 58.8 Å². The molecule has 1 atom stereocenters. The van der Waals surface area contributed by atoms with E-state index in [1.807, 2.05) is 4.90 Å². The van der Waals surface area contributed by atoms with Gasteiger partial charge in [-0.2, -0.15) is 0 Å². The Morgan fingerprint density at radius 3 is 2.79 bits per heavy atom. The van der Waals surface area contributed by atoms with Crippen LogP contribution in [0.5, 0.6) is 5.75 Å². The lowest BCUT2D eigenvalue weighted by molar-refractivity contribution is 0.0570. The summed E-state index contributed by atoms with van der Waals surface area (Å²) in [5.41, 5.74) is 6.87. The van der Waals surface area contributed by atoms with Crippen LogP contribution in [-0.2, 0) is 0 Å². The first-order valence-electron chi connectivity index (χ1n) is 6.46. The van der Waals surface area contributed by atoms with Crippen molar-refractivity contribution in [3.63, 3.8) is 0 Å². The van der Waals surface area contributed by atoms with E-state index in [4.69, 9.17) is 10.5 Å². The van der Waals surface area contributed by atoms with Crippen molar-refractivity contribution in [2.45, 2.75) is 13.0 Å². The zero-order chi connectivity index (χ0) is 14.0. The zero-order valence-electron chi connectivity index (χ0n) is 11.7. The Labute approximate surface area is 113 Å². The maximum atomic E-state index is 12.6. The molecular formula is C14H21N3O2. The molecule has 1 aliphatic rings. The Kier molecular flexibility index (Phi) is 3.95. The number of anilines is 1. The number of ether oxygens (including phenoxy) is 1. The van der Waals surface area contributed by atoms with Crippen molar-refractivity contribution < 1.29 is 9.53 Å². The largest absolute Gasteiger partial charge is 0.496 e. The normalized spacial score (nSPS) is 20.4. The molecule has 1 amide bonds. The summed E-state index contributed by atoms with van der Waals surface area (Å²) in [6.45, 7) is 4.43. The van der Waals surface area contributed by atoms with Crippen LogP contribution in [0.3, 0.4) is 0 Å². The van der Waals surface area contributed by atoms with Gasteiger partial charge in [0.2, 0.25) is 0 Å². The van der Waals surface area contributed by atoms with Gasteiger partial charge in [-0.3, -0.25) is 4.79 Å². The molecule has 2 N–H and O–H groups in total. The van der Waals surface area contributed by atoms with Crippen molar-refractivity contribution in [2.75, 3.05) is 39.5 Å². The highest BCUT2D eigenvalue weighted by Gasteiger charge is 2.27. The predicted molar refractivity (Wildman–Crippen MR) is 75.4 cm³/mol. The van der Waals surface area contributed by atoms with Crippen LogP contribution in [-0.4, -0.2) is 55.5 Å². The lowest BCUT2D eigenvalue weighted by Crippen LogP contribution is -2.52. The molecule has 1 saturated heterocycles. The molecule has 1 heterocycles. The summed E-state index contributed by atoms with van der Waals surface area (Å²) >= 11 is 0. The van der Waals surface area contributed by atoms with Gasteiger partial charge in [0.05, 0.1) is 7.11 Å². The molecule has 5 nitrogen and oxygen atoms in total. The van der Waals surface area contributed by atoms with Crippen LogP contribution in [0, 0.1) is 0 Å². The summed E-state index contributed by atoms with van der Waals surface area (Å²) in [6, 6.07) is 5.64. The third-order valence-corrected chi connectivity index (χ3v) is 3.74. The number of carbonyl (C=O) groups excluding carboxylic acids is 1. The molecule has 1 unspecified atom stereocenters. The van der Waals surface area contributed by atoms with Crippen LogP contribution in [0.15, 0.2) is 18.2 Å². The van der Waals surface area contributed by atoms with E-state index in [1.165, 1.54) is 0 Å². The van der Waals surface area contributed by atoms with Crippen molar-refractivity contribution in [3.8, 4) is 5.75 Å². The Balaban J connectivity index is 2.25. The van der Waals surface area contributed by atoms with Gasteiger partial charge >= 0.3 is 0 Å². The van der Waals surface area contributed by atoms with Gasteiger partial charge in [-0.25, -0.2) is 0 Å². The summed E-state index contributed by atoms with van der Waals surface area (Å²) in [6.07, 6.45) is 0. The highest BCUT2D eigenvalue weighted by Crippen LogP contribution is 2.26. The quantitative estimate of drug-likeness (QED) is 0.810. The molecule has 0 aromatic heterocycles. The maximum absolute atomic E-state index is 12.6. The van der Waals surface area contributed by atoms with Crippen molar-refractivity contribution in [2.24, 2.45) is 0 Å². The second kappa shape index (κ2) is 5.48. The van der Waals surface area contributed by atoms with Gasteiger partial charge in [-0.1, -0.05) is 6.07 Å². The monoisotopic (exact) mass is 263 g/mol. The molecule has 19 heavy (non-hydrogen) atoms. The van der Waals surface area contributed by atoms with Crippen LogP contribution in [0.1, 0.15) is 17.3 Å². The van der Waals surface area contributed by atoms with E-state index in [1.54, 1.807) is 25.3 Å². The lowest BCUT2D eigenvalue weighted by atomic mass is 10.1. The number of hydrogen-bond acceptors (Lipinski definition) is 4. The average Bonchev–Trinajstić information content (AvgIpc) is 2.40. The summed E-state index contributed by atoms with van der Waals surface area (Å²) in [7, 11) is 3.63. The van der Waals surface area contributed by atoms with Gasteiger partial charge in [0, 0.05) is 31.4 Å². The fourth-order valence-electron chi connectivity index (χ4n) is 2.34. The first kappa shape index (κ1) is 13.7. The number of benzene rings is 1. The van der Waals surface area contributed by atoms with Crippen LogP contribution in [0.2, 0.25) is 0 Å². The summed E-state index contributed by atoms with van der Waals surface area (Å²) in [4.78, 5) is 16.7. The van der Waals surface area contributed by atoms with E-state index in [9.17, 15) is 4.79 Å². The van der Waals surface area contributed by atoms with Gasteiger partial charge in [0.25, 0.3) is 5.91 Å². The van der Waals surface area contributed by atoms with Gasteiger partial charge in [0.15, 0.2) is 0 Å². The molecular weight excluding hydrogens is 242 g/mol. The molecule has 0 bridgehead atoms. The fraction of sp³-hybridized carbons (Fsp3) is 0.500. The number of amides is 1. The SMILES string of the molecule is COc1cccc(N)c1C(=O)N1CCN(C)C(C)C1. The van der Waals surface area contributed by atoms with Crippen LogP contribution >= 0.6 is 0 Å². The number of hydrogen-bond donors (Lipinski definition) is 1. The van der Waals surface area contributed by atoms with Gasteiger partial charge in [-0.05, 0) is 26.1 Å². The molecule has 0 spiro atoms. The Hall–Kier alpha value is -1.75. The molecule has 1 aromatic carbocycles. The van der Waals surface area contributed by atoms with E-state index in [2.05, 4.69) is 18.9 Å². The van der Waals surface area contributed by atoms with E-state index in [-0.39, 0.29) is 5.91 Å². The van der Waals surface area contributed by atoms with Crippen LogP contribution in [0.25, 0.3) is 0 Å². The minimum atomic E-state index is -0.0464. The van der Waals surface area contributed by atoms with Crippen molar-refractivity contribution >= 4 is 11.6 Å². The molecule has 0 aliphatic carbocycles. The predicted octanol–water partition coefficient (Wildman–Crippen LogP) is 1.05. The van der Waals surface area contributed by atoms with E-state index < -0.39 is 0 Å². The second-order valence-corrected chi connectivity index (χ2v) is 5.01. The summed E-state index contributed by atoms with van der Waals surface area (Å²) in [5.74, 6) is 0.492. The van der Waals surface area contributed by atoms with Crippen molar-refractivity contribution in [1.82, 2.24) is 9.80 Å². The third kappa shape index (κ3) is 2.66. The van der Waals surface area contributed by atoms with Crippen LogP contribution in [0.4, 0.5) is 5.69 Å². The minimum absolute atomic E-state index is 0.0464. The number of rotatable bonds is 2. The standard InChI is InChI=1S/C14H21N3O2/c1-10-9-17(8-7-16(10)2)14(18)13-11(15)5-4-6-12(13)19-3/h4-6,10H,7-9,15H2,1-3H3. The zero-order valence-corrected chi connectivity index (χ0v) is 11.7. The molecule has 5 heteroatoms. The molecule has 1 aromatic rings. The smallest absolute Gasteiger partial charge is 0.259 e. The number of carbonyl (C=O) groups is 1. The first-order chi connectivity index (χ1) is 9.04. The maximum Gasteiger partial charge on any atom is 0.259 e. The number of nitrogen functional groups attached to an aromatic ring is 1. The first-order valence-corrected chi connectivity index (χ1v) is 6.46. The van der Waals surface area contributed by atoms with Gasteiger partial charge in [0.1, 0.15) is 11.3 Å². The third-order valence-electron chi connectivity index (χ3n) is 3.74. The number of piperazine rings is 1.